The molecule has 1 heterocycles. The fourth-order valence-electron chi connectivity index (χ4n) is 0.616. The predicted molar refractivity (Wildman–Crippen MR) is 40.0 cm³/mol. The van der Waals surface area contributed by atoms with Crippen LogP contribution in [0.3, 0.4) is 0 Å². The first-order valence-electron chi connectivity index (χ1n) is 3.05. The molecule has 1 aromatic heterocycles. The lowest BCUT2D eigenvalue weighted by molar-refractivity contribution is 0.466. The van der Waals surface area contributed by atoms with Crippen molar-refractivity contribution < 1.29 is 8.84 Å². The molecule has 1 aromatic rings. The maximum atomic E-state index is 10.7. The lowest BCUT2D eigenvalue weighted by Crippen LogP contribution is -2.06. The summed E-state index contributed by atoms with van der Waals surface area (Å²) in [5, 5.41) is 0. The van der Waals surface area contributed by atoms with Crippen molar-refractivity contribution in [1.29, 1.82) is 0 Å². The molecule has 0 N–H and O–H groups in total. The molecule has 0 spiro atoms. The van der Waals surface area contributed by atoms with E-state index >= 15 is 0 Å². The van der Waals surface area contributed by atoms with Crippen LogP contribution in [0.4, 0.5) is 0 Å². The van der Waals surface area contributed by atoms with Gasteiger partial charge in [0.05, 0.1) is 6.26 Å². The van der Waals surface area contributed by atoms with Crippen molar-refractivity contribution in [3.05, 3.63) is 28.8 Å². The summed E-state index contributed by atoms with van der Waals surface area (Å²) in [6.07, 6.45) is 1.34. The molecule has 4 heteroatoms. The molecule has 54 valence electrons. The van der Waals surface area contributed by atoms with Gasteiger partial charge in [-0.05, 0) is 18.7 Å². The molecule has 1 rings (SSSR count). The molecular formula is C6H8O3Si. The number of hydrogen-bond acceptors (Lipinski definition) is 3. The van der Waals surface area contributed by atoms with E-state index in [0.717, 1.165) is 0 Å². The lowest BCUT2D eigenvalue weighted by Gasteiger charge is -1.97. The summed E-state index contributed by atoms with van der Waals surface area (Å²) in [7, 11) is -0.566. The van der Waals surface area contributed by atoms with Crippen LogP contribution < -0.4 is 10.1 Å². The van der Waals surface area contributed by atoms with Crippen LogP contribution in [-0.2, 0) is 0 Å². The van der Waals surface area contributed by atoms with Crippen LogP contribution in [0.25, 0.3) is 0 Å². The van der Waals surface area contributed by atoms with Gasteiger partial charge < -0.3 is 8.84 Å². The number of hydrogen-bond donors (Lipinski definition) is 0. The highest BCUT2D eigenvalue weighted by Gasteiger charge is 1.96. The molecule has 10 heavy (non-hydrogen) atoms. The van der Waals surface area contributed by atoms with Gasteiger partial charge in [0, 0.05) is 0 Å². The van der Waals surface area contributed by atoms with Crippen molar-refractivity contribution in [3.8, 4) is 5.75 Å². The maximum Gasteiger partial charge on any atom is 0.377 e. The second kappa shape index (κ2) is 3.22. The summed E-state index contributed by atoms with van der Waals surface area (Å²) >= 11 is 0. The highest BCUT2D eigenvalue weighted by Crippen LogP contribution is 1.98. The Morgan fingerprint density at radius 3 is 3.10 bits per heavy atom. The zero-order valence-electron chi connectivity index (χ0n) is 5.66. The van der Waals surface area contributed by atoms with E-state index in [1.807, 2.05) is 6.55 Å². The zero-order chi connectivity index (χ0) is 7.40. The Morgan fingerprint density at radius 1 is 1.70 bits per heavy atom. The van der Waals surface area contributed by atoms with E-state index in [0.29, 0.717) is 5.75 Å². The summed E-state index contributed by atoms with van der Waals surface area (Å²) in [6, 6.07) is 3.25. The van der Waals surface area contributed by atoms with Gasteiger partial charge in [0.15, 0.2) is 5.75 Å². The summed E-state index contributed by atoms with van der Waals surface area (Å²) in [6.45, 7) is 1.95. The van der Waals surface area contributed by atoms with Crippen molar-refractivity contribution in [2.75, 3.05) is 0 Å². The zero-order valence-corrected chi connectivity index (χ0v) is 7.08. The third-order valence-electron chi connectivity index (χ3n) is 1.00. The molecule has 0 amide bonds. The second-order valence-corrected chi connectivity index (χ2v) is 2.56. The van der Waals surface area contributed by atoms with Gasteiger partial charge in [-0.2, -0.15) is 0 Å². The molecule has 0 fully saturated rings. The summed E-state index contributed by atoms with van der Waals surface area (Å²) < 4.78 is 9.62. The van der Waals surface area contributed by atoms with Crippen LogP contribution in [0.1, 0.15) is 0 Å². The van der Waals surface area contributed by atoms with Crippen molar-refractivity contribution >= 4 is 9.76 Å². The van der Waals surface area contributed by atoms with E-state index in [9.17, 15) is 4.79 Å². The standard InChI is InChI=1S/C6H8O3Si/c1-10-9-5-3-2-4-8-6(5)7/h2-4H,10H2,1H3. The Kier molecular flexibility index (Phi) is 2.28. The molecule has 0 saturated heterocycles. The van der Waals surface area contributed by atoms with E-state index in [1.54, 1.807) is 12.1 Å². The Bertz CT molecular complexity index is 255. The average molecular weight is 156 g/mol. The van der Waals surface area contributed by atoms with E-state index < -0.39 is 15.4 Å². The van der Waals surface area contributed by atoms with E-state index in [1.165, 1.54) is 6.26 Å². The van der Waals surface area contributed by atoms with Crippen molar-refractivity contribution in [2.45, 2.75) is 6.55 Å². The van der Waals surface area contributed by atoms with Crippen molar-refractivity contribution in [2.24, 2.45) is 0 Å². The van der Waals surface area contributed by atoms with Crippen LogP contribution in [0.15, 0.2) is 27.6 Å². The lowest BCUT2D eigenvalue weighted by atomic mass is 10.5. The molecule has 0 bridgehead atoms. The fraction of sp³-hybridized carbons (Fsp3) is 0.167. The molecule has 0 aliphatic rings. The Labute approximate surface area is 60.6 Å². The Hall–Kier alpha value is -1.03. The van der Waals surface area contributed by atoms with E-state index in [4.69, 9.17) is 4.43 Å². The summed E-state index contributed by atoms with van der Waals surface area (Å²) in [5.74, 6) is 0.330. The van der Waals surface area contributed by atoms with Gasteiger partial charge in [-0.15, -0.1) is 0 Å². The van der Waals surface area contributed by atoms with E-state index in [-0.39, 0.29) is 0 Å². The van der Waals surface area contributed by atoms with Gasteiger partial charge in [0.2, 0.25) is 9.76 Å². The Balaban J connectivity index is 2.92. The molecule has 0 saturated carbocycles. The molecule has 0 atom stereocenters. The molecule has 0 aliphatic carbocycles. The van der Waals surface area contributed by atoms with Crippen LogP contribution in [0, 0.1) is 0 Å². The van der Waals surface area contributed by atoms with Gasteiger partial charge in [-0.25, -0.2) is 4.79 Å². The third-order valence-corrected chi connectivity index (χ3v) is 1.60. The first-order chi connectivity index (χ1) is 4.84. The fourth-order valence-corrected chi connectivity index (χ4v) is 1.14. The minimum absolute atomic E-state index is 0.330. The average Bonchev–Trinajstić information content (AvgIpc) is 1.94. The maximum absolute atomic E-state index is 10.7. The first kappa shape index (κ1) is 7.08. The molecule has 0 radical (unpaired) electrons. The van der Waals surface area contributed by atoms with Crippen LogP contribution in [-0.4, -0.2) is 9.76 Å². The highest BCUT2D eigenvalue weighted by atomic mass is 28.2. The van der Waals surface area contributed by atoms with Gasteiger partial charge in [0.1, 0.15) is 0 Å². The van der Waals surface area contributed by atoms with Crippen molar-refractivity contribution in [1.82, 2.24) is 0 Å². The normalized spacial score (nSPS) is 10.5. The van der Waals surface area contributed by atoms with E-state index in [2.05, 4.69) is 4.42 Å². The van der Waals surface area contributed by atoms with Gasteiger partial charge in [0.25, 0.3) is 0 Å². The third kappa shape index (κ3) is 1.48. The molecule has 0 aromatic carbocycles. The molecular weight excluding hydrogens is 148 g/mol. The SMILES string of the molecule is C[SiH2]Oc1cccoc1=O. The van der Waals surface area contributed by atoms with Gasteiger partial charge in [-0.3, -0.25) is 0 Å². The monoisotopic (exact) mass is 156 g/mol. The quantitative estimate of drug-likeness (QED) is 0.572. The topological polar surface area (TPSA) is 39.4 Å². The van der Waals surface area contributed by atoms with Crippen LogP contribution in [0.5, 0.6) is 5.75 Å². The minimum atomic E-state index is -0.566. The van der Waals surface area contributed by atoms with Gasteiger partial charge in [-0.1, -0.05) is 0 Å². The molecule has 0 aliphatic heterocycles. The highest BCUT2D eigenvalue weighted by molar-refractivity contribution is 6.26. The van der Waals surface area contributed by atoms with Crippen LogP contribution in [0.2, 0.25) is 6.55 Å². The predicted octanol–water partition coefficient (Wildman–Crippen LogP) is 0.150. The number of rotatable bonds is 2. The minimum Gasteiger partial charge on any atom is -0.545 e. The molecule has 3 nitrogen and oxygen atoms in total. The first-order valence-corrected chi connectivity index (χ1v) is 5.04. The van der Waals surface area contributed by atoms with Crippen LogP contribution >= 0.6 is 0 Å². The van der Waals surface area contributed by atoms with Crippen molar-refractivity contribution in [3.63, 3.8) is 0 Å². The summed E-state index contributed by atoms with van der Waals surface area (Å²) in [5.41, 5.74) is -0.392. The largest absolute Gasteiger partial charge is 0.545 e. The molecule has 0 unspecified atom stereocenters. The second-order valence-electron chi connectivity index (χ2n) is 1.70. The van der Waals surface area contributed by atoms with Gasteiger partial charge >= 0.3 is 5.63 Å². The Morgan fingerprint density at radius 2 is 2.50 bits per heavy atom. The smallest absolute Gasteiger partial charge is 0.377 e. The summed E-state index contributed by atoms with van der Waals surface area (Å²) in [4.78, 5) is 10.7.